The Labute approximate surface area is 140 Å². The van der Waals surface area contributed by atoms with Gasteiger partial charge in [-0.1, -0.05) is 30.3 Å². The zero-order valence-electron chi connectivity index (χ0n) is 13.1. The van der Waals surface area contributed by atoms with E-state index in [1.54, 1.807) is 6.07 Å². The molecule has 1 N–H and O–H groups in total. The highest BCUT2D eigenvalue weighted by Gasteiger charge is 2.25. The molecule has 126 valence electrons. The van der Waals surface area contributed by atoms with Gasteiger partial charge in [0.05, 0.1) is 12.2 Å². The average Bonchev–Trinajstić information content (AvgIpc) is 3.41. The van der Waals surface area contributed by atoms with E-state index in [2.05, 4.69) is 9.82 Å². The Morgan fingerprint density at radius 3 is 2.62 bits per heavy atom. The molecule has 1 saturated carbocycles. The molecule has 6 nitrogen and oxygen atoms in total. The highest BCUT2D eigenvalue weighted by Crippen LogP contribution is 2.38. The van der Waals surface area contributed by atoms with Crippen molar-refractivity contribution in [2.75, 3.05) is 6.54 Å². The smallest absolute Gasteiger partial charge is 0.266 e. The summed E-state index contributed by atoms with van der Waals surface area (Å²) in [5.74, 6) is 0.447. The van der Waals surface area contributed by atoms with Crippen molar-refractivity contribution in [2.45, 2.75) is 25.3 Å². The van der Waals surface area contributed by atoms with Gasteiger partial charge in [0.15, 0.2) is 0 Å². The van der Waals surface area contributed by atoms with Crippen molar-refractivity contribution in [1.82, 2.24) is 14.5 Å². The molecular formula is C17H19N3O3S. The molecule has 1 aromatic heterocycles. The standard InChI is InChI=1S/C17H19N3O3S/c21-17-9-8-16(15-6-7-15)19-20(17)12-11-18-24(22,23)13-10-14-4-2-1-3-5-14/h1-5,8-10,13,15,18H,6-7,11-12H2/b13-10+. The Morgan fingerprint density at radius 1 is 1.17 bits per heavy atom. The van der Waals surface area contributed by atoms with E-state index >= 15 is 0 Å². The molecular weight excluding hydrogens is 326 g/mol. The number of hydrogen-bond acceptors (Lipinski definition) is 4. The number of aromatic nitrogens is 2. The molecule has 0 saturated heterocycles. The molecule has 0 atom stereocenters. The Kier molecular flexibility index (Phi) is 4.92. The first-order valence-electron chi connectivity index (χ1n) is 7.84. The SMILES string of the molecule is O=c1ccc(C2CC2)nn1CCNS(=O)(=O)/C=C/c1ccccc1. The van der Waals surface area contributed by atoms with Crippen molar-refractivity contribution < 1.29 is 8.42 Å². The van der Waals surface area contributed by atoms with Gasteiger partial charge in [0.2, 0.25) is 10.0 Å². The van der Waals surface area contributed by atoms with Crippen LogP contribution in [0.15, 0.2) is 52.7 Å². The summed E-state index contributed by atoms with van der Waals surface area (Å²) < 4.78 is 27.7. The molecule has 2 aromatic rings. The lowest BCUT2D eigenvalue weighted by Crippen LogP contribution is -2.31. The van der Waals surface area contributed by atoms with E-state index in [1.807, 2.05) is 30.3 Å². The molecule has 1 aliphatic rings. The number of nitrogens with one attached hydrogen (secondary N) is 1. The van der Waals surface area contributed by atoms with E-state index in [0.717, 1.165) is 29.5 Å². The minimum absolute atomic E-state index is 0.114. The molecule has 3 rings (SSSR count). The quantitative estimate of drug-likeness (QED) is 0.828. The third kappa shape index (κ3) is 4.62. The van der Waals surface area contributed by atoms with Gasteiger partial charge in [-0.2, -0.15) is 5.10 Å². The highest BCUT2D eigenvalue weighted by atomic mass is 32.2. The molecule has 0 unspecified atom stereocenters. The predicted molar refractivity (Wildman–Crippen MR) is 92.9 cm³/mol. The summed E-state index contributed by atoms with van der Waals surface area (Å²) in [7, 11) is -3.55. The van der Waals surface area contributed by atoms with Crippen molar-refractivity contribution in [3.63, 3.8) is 0 Å². The monoisotopic (exact) mass is 345 g/mol. The van der Waals surface area contributed by atoms with Gasteiger partial charge in [-0.05, 0) is 30.5 Å². The average molecular weight is 345 g/mol. The van der Waals surface area contributed by atoms with Crippen LogP contribution in [0, 0.1) is 0 Å². The summed E-state index contributed by atoms with van der Waals surface area (Å²) in [6.45, 7) is 0.320. The normalized spacial score (nSPS) is 15.0. The Morgan fingerprint density at radius 2 is 1.92 bits per heavy atom. The van der Waals surface area contributed by atoms with Crippen LogP contribution < -0.4 is 10.3 Å². The summed E-state index contributed by atoms with van der Waals surface area (Å²) in [6.07, 6.45) is 3.73. The second-order valence-electron chi connectivity index (χ2n) is 5.75. The summed E-state index contributed by atoms with van der Waals surface area (Å²) >= 11 is 0. The van der Waals surface area contributed by atoms with Gasteiger partial charge in [-0.15, -0.1) is 0 Å². The highest BCUT2D eigenvalue weighted by molar-refractivity contribution is 7.92. The molecule has 0 radical (unpaired) electrons. The van der Waals surface area contributed by atoms with Gasteiger partial charge in [0.1, 0.15) is 0 Å². The second-order valence-corrected chi connectivity index (χ2v) is 7.40. The number of sulfonamides is 1. The number of hydrogen-bond donors (Lipinski definition) is 1. The Hall–Kier alpha value is -2.25. The first kappa shape index (κ1) is 16.6. The van der Waals surface area contributed by atoms with E-state index in [9.17, 15) is 13.2 Å². The van der Waals surface area contributed by atoms with Crippen LogP contribution >= 0.6 is 0 Å². The molecule has 24 heavy (non-hydrogen) atoms. The lowest BCUT2D eigenvalue weighted by atomic mass is 10.2. The Balaban J connectivity index is 1.58. The number of nitrogens with zero attached hydrogens (tertiary/aromatic N) is 2. The van der Waals surface area contributed by atoms with E-state index in [-0.39, 0.29) is 18.6 Å². The largest absolute Gasteiger partial charge is 0.268 e. The molecule has 7 heteroatoms. The fourth-order valence-electron chi connectivity index (χ4n) is 2.30. The lowest BCUT2D eigenvalue weighted by molar-refractivity contribution is 0.545. The molecule has 0 spiro atoms. The van der Waals surface area contributed by atoms with Crippen molar-refractivity contribution in [3.8, 4) is 0 Å². The summed E-state index contributed by atoms with van der Waals surface area (Å²) in [6, 6.07) is 12.4. The van der Waals surface area contributed by atoms with Crippen LogP contribution in [-0.2, 0) is 16.6 Å². The third-order valence-electron chi connectivity index (χ3n) is 3.75. The zero-order chi connectivity index (χ0) is 17.0. The van der Waals surface area contributed by atoms with E-state index in [0.29, 0.717) is 5.92 Å². The lowest BCUT2D eigenvalue weighted by Gasteiger charge is -2.07. The van der Waals surface area contributed by atoms with E-state index in [4.69, 9.17) is 0 Å². The van der Waals surface area contributed by atoms with Gasteiger partial charge in [0.25, 0.3) is 5.56 Å². The molecule has 1 heterocycles. The summed E-state index contributed by atoms with van der Waals surface area (Å²) in [5, 5.41) is 5.42. The topological polar surface area (TPSA) is 81.1 Å². The summed E-state index contributed by atoms with van der Waals surface area (Å²) in [4.78, 5) is 11.8. The predicted octanol–water partition coefficient (Wildman–Crippen LogP) is 1.71. The first-order chi connectivity index (χ1) is 11.5. The van der Waals surface area contributed by atoms with E-state index in [1.165, 1.54) is 16.8 Å². The van der Waals surface area contributed by atoms with Gasteiger partial charge in [-0.3, -0.25) is 4.79 Å². The third-order valence-corrected chi connectivity index (χ3v) is 4.85. The van der Waals surface area contributed by atoms with Crippen molar-refractivity contribution in [2.24, 2.45) is 0 Å². The maximum atomic E-state index is 12.0. The van der Waals surface area contributed by atoms with Gasteiger partial charge in [-0.25, -0.2) is 17.8 Å². The molecule has 0 bridgehead atoms. The van der Waals surface area contributed by atoms with Crippen LogP contribution in [0.3, 0.4) is 0 Å². The first-order valence-corrected chi connectivity index (χ1v) is 9.39. The minimum Gasteiger partial charge on any atom is -0.268 e. The molecule has 0 aliphatic heterocycles. The second kappa shape index (κ2) is 7.11. The molecule has 1 aliphatic carbocycles. The van der Waals surface area contributed by atoms with Crippen LogP contribution in [-0.4, -0.2) is 24.7 Å². The summed E-state index contributed by atoms with van der Waals surface area (Å²) in [5.41, 5.74) is 1.48. The number of rotatable bonds is 7. The van der Waals surface area contributed by atoms with Crippen molar-refractivity contribution in [1.29, 1.82) is 0 Å². The van der Waals surface area contributed by atoms with E-state index < -0.39 is 10.0 Å². The molecule has 0 amide bonds. The fraction of sp³-hybridized carbons (Fsp3) is 0.294. The maximum absolute atomic E-state index is 12.0. The molecule has 1 aromatic carbocycles. The van der Waals surface area contributed by atoms with Gasteiger partial charge < -0.3 is 0 Å². The minimum atomic E-state index is -3.55. The van der Waals surface area contributed by atoms with Crippen molar-refractivity contribution >= 4 is 16.1 Å². The van der Waals surface area contributed by atoms with Gasteiger partial charge in [0, 0.05) is 23.9 Å². The van der Waals surface area contributed by atoms with Crippen LogP contribution in [0.2, 0.25) is 0 Å². The maximum Gasteiger partial charge on any atom is 0.266 e. The zero-order valence-corrected chi connectivity index (χ0v) is 13.9. The Bertz CT molecular complexity index is 885. The fourth-order valence-corrected chi connectivity index (χ4v) is 3.10. The van der Waals surface area contributed by atoms with Crippen LogP contribution in [0.1, 0.15) is 30.0 Å². The van der Waals surface area contributed by atoms with Crippen LogP contribution in [0.5, 0.6) is 0 Å². The number of benzene rings is 1. The van der Waals surface area contributed by atoms with Crippen LogP contribution in [0.4, 0.5) is 0 Å². The van der Waals surface area contributed by atoms with Crippen molar-refractivity contribution in [3.05, 3.63) is 69.5 Å². The van der Waals surface area contributed by atoms with Gasteiger partial charge >= 0.3 is 0 Å². The molecule has 1 fully saturated rings. The van der Waals surface area contributed by atoms with Crippen LogP contribution in [0.25, 0.3) is 6.08 Å².